The zero-order chi connectivity index (χ0) is 15.1. The Bertz CT molecular complexity index is 401. The highest BCUT2D eigenvalue weighted by molar-refractivity contribution is 5.32. The maximum atomic E-state index is 6.08. The van der Waals surface area contributed by atoms with E-state index in [-0.39, 0.29) is 0 Å². The molecule has 0 heterocycles. The van der Waals surface area contributed by atoms with Crippen LogP contribution in [0.3, 0.4) is 0 Å². The molecule has 0 saturated heterocycles. The molecule has 2 N–H and O–H groups in total. The van der Waals surface area contributed by atoms with Crippen LogP contribution in [0.1, 0.15) is 36.1 Å². The van der Waals surface area contributed by atoms with E-state index >= 15 is 0 Å². The van der Waals surface area contributed by atoms with Gasteiger partial charge in [-0.15, -0.1) is 0 Å². The van der Waals surface area contributed by atoms with Crippen molar-refractivity contribution in [2.75, 3.05) is 40.3 Å². The lowest BCUT2D eigenvalue weighted by molar-refractivity contribution is 0.182. The summed E-state index contributed by atoms with van der Waals surface area (Å²) in [5.41, 5.74) is 10.1. The quantitative estimate of drug-likeness (QED) is 0.793. The maximum absolute atomic E-state index is 6.08. The molecule has 1 atom stereocenters. The number of hydrogen-bond acceptors (Lipinski definition) is 3. The van der Waals surface area contributed by atoms with Crippen LogP contribution in [-0.4, -0.2) is 50.1 Å². The lowest BCUT2D eigenvalue weighted by atomic mass is 9.99. The number of nitrogens with two attached hydrogens (primary N) is 1. The first-order valence-electron chi connectivity index (χ1n) is 7.65. The molecule has 1 aromatic carbocycles. The summed E-state index contributed by atoms with van der Waals surface area (Å²) < 4.78 is 0. The Morgan fingerprint density at radius 3 is 2.25 bits per heavy atom. The van der Waals surface area contributed by atoms with E-state index in [4.69, 9.17) is 5.73 Å². The Morgan fingerprint density at radius 1 is 1.05 bits per heavy atom. The highest BCUT2D eigenvalue weighted by atomic mass is 15.2. The first kappa shape index (κ1) is 17.2. The maximum Gasteiger partial charge on any atom is 0.0471 e. The summed E-state index contributed by atoms with van der Waals surface area (Å²) in [6.07, 6.45) is 1.16. The smallest absolute Gasteiger partial charge is 0.0471 e. The molecule has 20 heavy (non-hydrogen) atoms. The molecule has 3 nitrogen and oxygen atoms in total. The first-order valence-corrected chi connectivity index (χ1v) is 7.65. The average Bonchev–Trinajstić information content (AvgIpc) is 2.40. The molecule has 1 aromatic rings. The molecule has 0 fully saturated rings. The van der Waals surface area contributed by atoms with E-state index < -0.39 is 0 Å². The molecule has 0 aliphatic rings. The van der Waals surface area contributed by atoms with Crippen molar-refractivity contribution in [3.05, 3.63) is 34.9 Å². The molecule has 0 radical (unpaired) electrons. The highest BCUT2D eigenvalue weighted by Crippen LogP contribution is 2.22. The minimum absolute atomic E-state index is 0.328. The van der Waals surface area contributed by atoms with Crippen molar-refractivity contribution in [1.82, 2.24) is 9.80 Å². The van der Waals surface area contributed by atoms with Gasteiger partial charge in [0.2, 0.25) is 0 Å². The molecule has 0 spiro atoms. The third-order valence-electron chi connectivity index (χ3n) is 3.93. The fourth-order valence-electron chi connectivity index (χ4n) is 2.51. The molecular weight excluding hydrogens is 246 g/mol. The van der Waals surface area contributed by atoms with Gasteiger partial charge < -0.3 is 10.6 Å². The molecule has 0 aromatic heterocycles. The topological polar surface area (TPSA) is 32.5 Å². The van der Waals surface area contributed by atoms with E-state index in [1.807, 2.05) is 0 Å². The van der Waals surface area contributed by atoms with Crippen LogP contribution in [0, 0.1) is 13.8 Å². The number of benzene rings is 1. The monoisotopic (exact) mass is 277 g/mol. The molecule has 0 aliphatic carbocycles. The minimum atomic E-state index is 0.328. The van der Waals surface area contributed by atoms with E-state index in [2.05, 4.69) is 62.9 Å². The van der Waals surface area contributed by atoms with Crippen molar-refractivity contribution < 1.29 is 0 Å². The van der Waals surface area contributed by atoms with Gasteiger partial charge >= 0.3 is 0 Å². The summed E-state index contributed by atoms with van der Waals surface area (Å²) in [6, 6.07) is 7.07. The van der Waals surface area contributed by atoms with E-state index in [0.717, 1.165) is 26.1 Å². The standard InChI is InChI=1S/C17H31N3/c1-6-9-20(11-10-19(4)5)17(13-18)16-8-7-14(2)15(3)12-16/h7-8,12,17H,6,9-11,13,18H2,1-5H3. The fourth-order valence-corrected chi connectivity index (χ4v) is 2.51. The zero-order valence-corrected chi connectivity index (χ0v) is 13.8. The van der Waals surface area contributed by atoms with Gasteiger partial charge in [0, 0.05) is 25.7 Å². The summed E-state index contributed by atoms with van der Waals surface area (Å²) in [7, 11) is 4.25. The Balaban J connectivity index is 2.90. The Labute approximate surface area is 124 Å². The minimum Gasteiger partial charge on any atom is -0.329 e. The first-order chi connectivity index (χ1) is 9.49. The van der Waals surface area contributed by atoms with Gasteiger partial charge in [-0.3, -0.25) is 4.90 Å². The number of nitrogens with zero attached hydrogens (tertiary/aromatic N) is 2. The summed E-state index contributed by atoms with van der Waals surface area (Å²) >= 11 is 0. The van der Waals surface area contributed by atoms with Crippen molar-refractivity contribution in [2.24, 2.45) is 5.73 Å². The van der Waals surface area contributed by atoms with Gasteiger partial charge in [-0.25, -0.2) is 0 Å². The Morgan fingerprint density at radius 2 is 1.75 bits per heavy atom. The fraction of sp³-hybridized carbons (Fsp3) is 0.647. The normalized spacial score (nSPS) is 13.2. The highest BCUT2D eigenvalue weighted by Gasteiger charge is 2.18. The molecule has 0 amide bonds. The van der Waals surface area contributed by atoms with Gasteiger partial charge in [0.05, 0.1) is 0 Å². The molecule has 114 valence electrons. The Kier molecular flexibility index (Phi) is 7.20. The van der Waals surface area contributed by atoms with Crippen molar-refractivity contribution in [3.63, 3.8) is 0 Å². The van der Waals surface area contributed by atoms with E-state index in [1.165, 1.54) is 16.7 Å². The molecular formula is C17H31N3. The van der Waals surface area contributed by atoms with Crippen LogP contribution in [0.15, 0.2) is 18.2 Å². The predicted molar refractivity (Wildman–Crippen MR) is 88.1 cm³/mol. The van der Waals surface area contributed by atoms with Gasteiger partial charge in [0.15, 0.2) is 0 Å². The van der Waals surface area contributed by atoms with Crippen LogP contribution in [0.2, 0.25) is 0 Å². The van der Waals surface area contributed by atoms with Gasteiger partial charge in [-0.1, -0.05) is 25.1 Å². The molecule has 0 bridgehead atoms. The van der Waals surface area contributed by atoms with Crippen molar-refractivity contribution >= 4 is 0 Å². The van der Waals surface area contributed by atoms with Crippen LogP contribution >= 0.6 is 0 Å². The van der Waals surface area contributed by atoms with Crippen molar-refractivity contribution in [2.45, 2.75) is 33.2 Å². The second-order valence-electron chi connectivity index (χ2n) is 5.93. The predicted octanol–water partition coefficient (Wildman–Crippen LogP) is 2.58. The third kappa shape index (κ3) is 4.89. The molecule has 1 rings (SSSR count). The van der Waals surface area contributed by atoms with E-state index in [9.17, 15) is 0 Å². The summed E-state index contributed by atoms with van der Waals surface area (Å²) in [5.74, 6) is 0. The lowest BCUT2D eigenvalue weighted by Crippen LogP contribution is -2.38. The van der Waals surface area contributed by atoms with Crippen LogP contribution in [0.4, 0.5) is 0 Å². The molecule has 3 heteroatoms. The lowest BCUT2D eigenvalue weighted by Gasteiger charge is -2.32. The SMILES string of the molecule is CCCN(CCN(C)C)C(CN)c1ccc(C)c(C)c1. The number of likely N-dealkylation sites (N-methyl/N-ethyl adjacent to an activating group) is 1. The van der Waals surface area contributed by atoms with Gasteiger partial charge in [0.25, 0.3) is 0 Å². The molecule has 0 saturated carbocycles. The average molecular weight is 277 g/mol. The van der Waals surface area contributed by atoms with E-state index in [1.54, 1.807) is 0 Å². The van der Waals surface area contributed by atoms with Crippen LogP contribution in [0.25, 0.3) is 0 Å². The van der Waals surface area contributed by atoms with Crippen LogP contribution < -0.4 is 5.73 Å². The molecule has 0 aliphatic heterocycles. The van der Waals surface area contributed by atoms with Gasteiger partial charge in [-0.2, -0.15) is 0 Å². The van der Waals surface area contributed by atoms with Crippen molar-refractivity contribution in [3.8, 4) is 0 Å². The second kappa shape index (κ2) is 8.40. The van der Waals surface area contributed by atoms with Gasteiger partial charge in [0.1, 0.15) is 0 Å². The second-order valence-corrected chi connectivity index (χ2v) is 5.93. The van der Waals surface area contributed by atoms with E-state index in [0.29, 0.717) is 12.6 Å². The largest absolute Gasteiger partial charge is 0.329 e. The molecule has 1 unspecified atom stereocenters. The van der Waals surface area contributed by atoms with Crippen molar-refractivity contribution in [1.29, 1.82) is 0 Å². The van der Waals surface area contributed by atoms with Crippen LogP contribution in [-0.2, 0) is 0 Å². The summed E-state index contributed by atoms with van der Waals surface area (Å²) in [4.78, 5) is 4.75. The zero-order valence-electron chi connectivity index (χ0n) is 13.8. The Hall–Kier alpha value is -0.900. The number of aryl methyl sites for hydroxylation is 2. The third-order valence-corrected chi connectivity index (χ3v) is 3.93. The van der Waals surface area contributed by atoms with Gasteiger partial charge in [-0.05, 0) is 57.6 Å². The number of rotatable bonds is 8. The number of hydrogen-bond donors (Lipinski definition) is 1. The summed E-state index contributed by atoms with van der Waals surface area (Å²) in [6.45, 7) is 10.5. The summed E-state index contributed by atoms with van der Waals surface area (Å²) in [5, 5.41) is 0. The van der Waals surface area contributed by atoms with Crippen LogP contribution in [0.5, 0.6) is 0 Å².